The Kier molecular flexibility index (Phi) is 5.79. The number of aryl methyl sites for hydroxylation is 1. The van der Waals surface area contributed by atoms with Gasteiger partial charge in [-0.25, -0.2) is 0 Å². The Balaban J connectivity index is 1.37. The summed E-state index contributed by atoms with van der Waals surface area (Å²) in [5.74, 6) is 0.0136. The summed E-state index contributed by atoms with van der Waals surface area (Å²) in [6, 6.07) is 11.0. The highest BCUT2D eigenvalue weighted by Gasteiger charge is 2.20. The molecule has 2 aliphatic rings. The maximum Gasteiger partial charge on any atom is 0.253 e. The van der Waals surface area contributed by atoms with Crippen molar-refractivity contribution < 1.29 is 4.79 Å². The number of piperazine rings is 1. The van der Waals surface area contributed by atoms with Crippen LogP contribution in [0.5, 0.6) is 0 Å². The van der Waals surface area contributed by atoms with E-state index in [0.29, 0.717) is 11.6 Å². The number of aromatic nitrogens is 1. The van der Waals surface area contributed by atoms with Crippen LogP contribution in [0.2, 0.25) is 0 Å². The number of hydrogen-bond donors (Lipinski definition) is 1. The fourth-order valence-corrected chi connectivity index (χ4v) is 4.29. The zero-order chi connectivity index (χ0) is 19.3. The molecule has 0 unspecified atom stereocenters. The van der Waals surface area contributed by atoms with Gasteiger partial charge in [0.15, 0.2) is 0 Å². The fraction of sp³-hybridized carbons (Fsp3) is 0.478. The summed E-state index contributed by atoms with van der Waals surface area (Å²) in [5.41, 5.74) is 4.29. The molecule has 1 aliphatic carbocycles. The molecule has 1 saturated carbocycles. The highest BCUT2D eigenvalue weighted by atomic mass is 16.1. The van der Waals surface area contributed by atoms with Crippen molar-refractivity contribution >= 4 is 17.3 Å². The summed E-state index contributed by atoms with van der Waals surface area (Å²) in [6.07, 6.45) is 9.48. The Morgan fingerprint density at radius 2 is 1.68 bits per heavy atom. The second-order valence-corrected chi connectivity index (χ2v) is 8.05. The quantitative estimate of drug-likeness (QED) is 0.880. The molecule has 148 valence electrons. The van der Waals surface area contributed by atoms with E-state index >= 15 is 0 Å². The van der Waals surface area contributed by atoms with Crippen molar-refractivity contribution in [2.75, 3.05) is 36.0 Å². The Morgan fingerprint density at radius 1 is 0.964 bits per heavy atom. The van der Waals surface area contributed by atoms with E-state index in [2.05, 4.69) is 51.3 Å². The third kappa shape index (κ3) is 4.46. The Morgan fingerprint density at radius 3 is 2.39 bits per heavy atom. The van der Waals surface area contributed by atoms with Crippen LogP contribution in [-0.2, 0) is 0 Å². The van der Waals surface area contributed by atoms with Crippen LogP contribution in [0.1, 0.15) is 48.0 Å². The molecule has 1 N–H and O–H groups in total. The van der Waals surface area contributed by atoms with E-state index in [1.807, 2.05) is 12.3 Å². The monoisotopic (exact) mass is 378 g/mol. The van der Waals surface area contributed by atoms with Crippen molar-refractivity contribution in [3.8, 4) is 0 Å². The first-order chi connectivity index (χ1) is 13.7. The van der Waals surface area contributed by atoms with Gasteiger partial charge < -0.3 is 15.1 Å². The Labute approximate surface area is 167 Å². The van der Waals surface area contributed by atoms with Gasteiger partial charge in [0.25, 0.3) is 5.91 Å². The lowest BCUT2D eigenvalue weighted by Gasteiger charge is -2.37. The second kappa shape index (κ2) is 8.63. The van der Waals surface area contributed by atoms with Crippen molar-refractivity contribution in [1.82, 2.24) is 10.3 Å². The van der Waals surface area contributed by atoms with E-state index in [9.17, 15) is 4.79 Å². The molecule has 1 aromatic heterocycles. The summed E-state index contributed by atoms with van der Waals surface area (Å²) in [5, 5.41) is 3.19. The highest BCUT2D eigenvalue weighted by Crippen LogP contribution is 2.22. The molecule has 4 rings (SSSR count). The molecule has 2 aromatic rings. The minimum atomic E-state index is 0.0136. The van der Waals surface area contributed by atoms with Crippen LogP contribution >= 0.6 is 0 Å². The van der Waals surface area contributed by atoms with E-state index in [1.54, 1.807) is 6.20 Å². The molecule has 1 aromatic carbocycles. The largest absolute Gasteiger partial charge is 0.368 e. The van der Waals surface area contributed by atoms with E-state index in [4.69, 9.17) is 0 Å². The molecule has 28 heavy (non-hydrogen) atoms. The average Bonchev–Trinajstić information content (AvgIpc) is 2.75. The van der Waals surface area contributed by atoms with Crippen molar-refractivity contribution in [2.45, 2.75) is 45.1 Å². The molecule has 2 heterocycles. The molecule has 0 spiro atoms. The van der Waals surface area contributed by atoms with Gasteiger partial charge >= 0.3 is 0 Å². The number of benzene rings is 1. The number of carbonyl (C=O) groups is 1. The predicted molar refractivity (Wildman–Crippen MR) is 114 cm³/mol. The first-order valence-corrected chi connectivity index (χ1v) is 10.5. The van der Waals surface area contributed by atoms with Gasteiger partial charge in [0.1, 0.15) is 0 Å². The van der Waals surface area contributed by atoms with Crippen LogP contribution in [0.3, 0.4) is 0 Å². The predicted octanol–water partition coefficient (Wildman–Crippen LogP) is 3.78. The zero-order valence-corrected chi connectivity index (χ0v) is 16.7. The fourth-order valence-electron chi connectivity index (χ4n) is 4.29. The molecule has 1 aliphatic heterocycles. The highest BCUT2D eigenvalue weighted by molar-refractivity contribution is 5.95. The molecule has 2 fully saturated rings. The molecule has 5 heteroatoms. The van der Waals surface area contributed by atoms with Gasteiger partial charge in [-0.2, -0.15) is 0 Å². The molecule has 0 bridgehead atoms. The molecule has 0 atom stereocenters. The van der Waals surface area contributed by atoms with E-state index < -0.39 is 0 Å². The normalized spacial score (nSPS) is 18.2. The number of nitrogens with zero attached hydrogens (tertiary/aromatic N) is 3. The lowest BCUT2D eigenvalue weighted by Crippen LogP contribution is -2.46. The molecule has 1 amide bonds. The van der Waals surface area contributed by atoms with Crippen molar-refractivity contribution in [1.29, 1.82) is 0 Å². The van der Waals surface area contributed by atoms with Gasteiger partial charge in [0.05, 0.1) is 17.4 Å². The Bertz CT molecular complexity index is 808. The lowest BCUT2D eigenvalue weighted by atomic mass is 9.95. The lowest BCUT2D eigenvalue weighted by molar-refractivity contribution is 0.0927. The third-order valence-corrected chi connectivity index (χ3v) is 5.94. The van der Waals surface area contributed by atoms with Gasteiger partial charge in [-0.15, -0.1) is 0 Å². The maximum atomic E-state index is 12.6. The number of pyridine rings is 1. The van der Waals surface area contributed by atoms with Gasteiger partial charge in [0.2, 0.25) is 0 Å². The number of amides is 1. The minimum Gasteiger partial charge on any atom is -0.368 e. The van der Waals surface area contributed by atoms with Crippen molar-refractivity contribution in [3.05, 3.63) is 53.9 Å². The Hall–Kier alpha value is -2.56. The van der Waals surface area contributed by atoms with E-state index in [-0.39, 0.29) is 5.91 Å². The number of carbonyl (C=O) groups excluding carboxylic acids is 1. The first kappa shape index (κ1) is 18.8. The minimum absolute atomic E-state index is 0.0136. The number of anilines is 2. The summed E-state index contributed by atoms with van der Waals surface area (Å²) >= 11 is 0. The van der Waals surface area contributed by atoms with Gasteiger partial charge in [-0.3, -0.25) is 9.78 Å². The summed E-state index contributed by atoms with van der Waals surface area (Å²) in [4.78, 5) is 21.7. The number of nitrogens with one attached hydrogen (secondary N) is 1. The molecular formula is C23H30N4O. The van der Waals surface area contributed by atoms with Crippen LogP contribution in [0.25, 0.3) is 0 Å². The maximum absolute atomic E-state index is 12.6. The number of rotatable bonds is 4. The molecule has 1 saturated heterocycles. The van der Waals surface area contributed by atoms with Crippen LogP contribution in [0.15, 0.2) is 42.7 Å². The third-order valence-electron chi connectivity index (χ3n) is 5.94. The zero-order valence-electron chi connectivity index (χ0n) is 16.7. The van der Waals surface area contributed by atoms with Gasteiger partial charge in [0, 0.05) is 44.1 Å². The molecular weight excluding hydrogens is 348 g/mol. The summed E-state index contributed by atoms with van der Waals surface area (Å²) in [7, 11) is 0. The SMILES string of the molecule is Cc1cccc(N2CCN(c3cncc(C(=O)NC4CCCCC4)c3)CC2)c1. The average molecular weight is 379 g/mol. The van der Waals surface area contributed by atoms with Crippen molar-refractivity contribution in [3.63, 3.8) is 0 Å². The summed E-state index contributed by atoms with van der Waals surface area (Å²) < 4.78 is 0. The standard InChI is InChI=1S/C23H30N4O/c1-18-6-5-9-21(14-18)26-10-12-27(13-11-26)22-15-19(16-24-17-22)23(28)25-20-7-3-2-4-8-20/h5-6,9,14-17,20H,2-4,7-8,10-13H2,1H3,(H,25,28). The van der Waals surface area contributed by atoms with Crippen LogP contribution in [-0.4, -0.2) is 43.1 Å². The van der Waals surface area contributed by atoms with Crippen LogP contribution in [0.4, 0.5) is 11.4 Å². The smallest absolute Gasteiger partial charge is 0.253 e. The van der Waals surface area contributed by atoms with Gasteiger partial charge in [-0.1, -0.05) is 31.4 Å². The summed E-state index contributed by atoms with van der Waals surface area (Å²) in [6.45, 7) is 5.95. The van der Waals surface area contributed by atoms with Gasteiger partial charge in [-0.05, 0) is 43.5 Å². The second-order valence-electron chi connectivity index (χ2n) is 8.05. The van der Waals surface area contributed by atoms with E-state index in [1.165, 1.54) is 30.5 Å². The van der Waals surface area contributed by atoms with Crippen molar-refractivity contribution in [2.24, 2.45) is 0 Å². The molecule has 5 nitrogen and oxygen atoms in total. The van der Waals surface area contributed by atoms with Crippen LogP contribution in [0, 0.1) is 6.92 Å². The van der Waals surface area contributed by atoms with E-state index in [0.717, 1.165) is 44.7 Å². The van der Waals surface area contributed by atoms with Crippen LogP contribution < -0.4 is 15.1 Å². The molecule has 0 radical (unpaired) electrons. The topological polar surface area (TPSA) is 48.5 Å². The number of hydrogen-bond acceptors (Lipinski definition) is 4. The first-order valence-electron chi connectivity index (χ1n) is 10.5.